The number of nitrogens with zero attached hydrogens (tertiary/aromatic N) is 2. The molecule has 0 atom stereocenters. The second-order valence-corrected chi connectivity index (χ2v) is 6.42. The van der Waals surface area contributed by atoms with Gasteiger partial charge in [0.25, 0.3) is 11.6 Å². The summed E-state index contributed by atoms with van der Waals surface area (Å²) in [6.45, 7) is 5.74. The summed E-state index contributed by atoms with van der Waals surface area (Å²) >= 11 is 0. The number of aryl methyl sites for hydroxylation is 1. The van der Waals surface area contributed by atoms with Crippen LogP contribution in [0.2, 0.25) is 0 Å². The Balaban J connectivity index is 1.92. The number of carbonyl (C=O) groups excluding carboxylic acids is 1. The van der Waals surface area contributed by atoms with E-state index in [2.05, 4.69) is 15.5 Å². The second-order valence-electron chi connectivity index (χ2n) is 6.42. The van der Waals surface area contributed by atoms with Crippen molar-refractivity contribution in [3.63, 3.8) is 0 Å². The van der Waals surface area contributed by atoms with Gasteiger partial charge in [0.15, 0.2) is 0 Å². The average Bonchev–Trinajstić information content (AvgIpc) is 2.96. The highest BCUT2D eigenvalue weighted by Crippen LogP contribution is 2.26. The van der Waals surface area contributed by atoms with Crippen LogP contribution < -0.4 is 5.32 Å². The predicted molar refractivity (Wildman–Crippen MR) is 96.4 cm³/mol. The molecule has 0 aliphatic rings. The van der Waals surface area contributed by atoms with Gasteiger partial charge in [-0.2, -0.15) is 0 Å². The Bertz CT molecular complexity index is 974. The molecule has 2 aromatic heterocycles. The van der Waals surface area contributed by atoms with Crippen molar-refractivity contribution in [2.75, 3.05) is 5.32 Å². The molecule has 1 amide bonds. The smallest absolute Gasteiger partial charge is 0.307 e. The Morgan fingerprint density at radius 2 is 1.92 bits per heavy atom. The fourth-order valence-corrected chi connectivity index (χ4v) is 2.67. The molecule has 3 rings (SSSR count). The molecule has 0 aliphatic heterocycles. The quantitative estimate of drug-likeness (QED) is 0.727. The van der Waals surface area contributed by atoms with E-state index in [0.717, 1.165) is 5.69 Å². The first-order valence-electron chi connectivity index (χ1n) is 8.24. The zero-order chi connectivity index (χ0) is 18.8. The normalized spacial score (nSPS) is 11.1. The van der Waals surface area contributed by atoms with Crippen LogP contribution in [-0.2, 0) is 11.2 Å². The van der Waals surface area contributed by atoms with Gasteiger partial charge in [-0.25, -0.2) is 4.98 Å². The molecule has 2 N–H and O–H groups in total. The second kappa shape index (κ2) is 6.95. The number of hydrogen-bond acceptors (Lipinski definition) is 5. The monoisotopic (exact) mass is 353 g/mol. The Morgan fingerprint density at radius 3 is 2.54 bits per heavy atom. The summed E-state index contributed by atoms with van der Waals surface area (Å²) in [5.74, 6) is -1.06. The van der Waals surface area contributed by atoms with Crippen molar-refractivity contribution in [2.45, 2.75) is 33.1 Å². The minimum absolute atomic E-state index is 0.0587. The van der Waals surface area contributed by atoms with Gasteiger partial charge >= 0.3 is 5.97 Å². The maximum atomic E-state index is 12.8. The number of amides is 1. The molecule has 26 heavy (non-hydrogen) atoms. The number of anilines is 1. The van der Waals surface area contributed by atoms with Crippen molar-refractivity contribution in [1.82, 2.24) is 10.1 Å². The van der Waals surface area contributed by atoms with E-state index in [9.17, 15) is 9.59 Å². The first-order chi connectivity index (χ1) is 12.3. The summed E-state index contributed by atoms with van der Waals surface area (Å²) in [5, 5.41) is 16.2. The number of carboxylic acids is 1. The standard InChI is InChI=1S/C19H19N3O4/c1-10(2)15-9-14(17-11(3)22-26-19(17)21-15)18(25)20-13-6-4-12(5-7-13)8-16(23)24/h4-7,9-10H,8H2,1-3H3,(H,20,25)(H,23,24). The van der Waals surface area contributed by atoms with Crippen LogP contribution in [0.4, 0.5) is 5.69 Å². The predicted octanol–water partition coefficient (Wildman–Crippen LogP) is 3.53. The van der Waals surface area contributed by atoms with E-state index in [-0.39, 0.29) is 18.2 Å². The maximum Gasteiger partial charge on any atom is 0.307 e. The lowest BCUT2D eigenvalue weighted by Crippen LogP contribution is -2.14. The van der Waals surface area contributed by atoms with E-state index in [0.29, 0.717) is 33.6 Å². The first-order valence-corrected chi connectivity index (χ1v) is 8.24. The lowest BCUT2D eigenvalue weighted by Gasteiger charge is -2.10. The Kier molecular flexibility index (Phi) is 4.71. The lowest BCUT2D eigenvalue weighted by atomic mass is 10.0. The van der Waals surface area contributed by atoms with Crippen molar-refractivity contribution >= 4 is 28.7 Å². The highest BCUT2D eigenvalue weighted by molar-refractivity contribution is 6.12. The van der Waals surface area contributed by atoms with E-state index in [1.54, 1.807) is 37.3 Å². The van der Waals surface area contributed by atoms with Gasteiger partial charge in [0.1, 0.15) is 0 Å². The fraction of sp³-hybridized carbons (Fsp3) is 0.263. The molecule has 7 nitrogen and oxygen atoms in total. The summed E-state index contributed by atoms with van der Waals surface area (Å²) in [5.41, 5.74) is 3.39. The van der Waals surface area contributed by atoms with E-state index in [1.165, 1.54) is 0 Å². The number of aromatic nitrogens is 2. The Morgan fingerprint density at radius 1 is 1.23 bits per heavy atom. The molecule has 0 saturated heterocycles. The fourth-order valence-electron chi connectivity index (χ4n) is 2.67. The van der Waals surface area contributed by atoms with Crippen molar-refractivity contribution < 1.29 is 19.2 Å². The highest BCUT2D eigenvalue weighted by Gasteiger charge is 2.19. The van der Waals surface area contributed by atoms with Crippen molar-refractivity contribution in [3.8, 4) is 0 Å². The third kappa shape index (κ3) is 3.56. The molecule has 2 heterocycles. The summed E-state index contributed by atoms with van der Waals surface area (Å²) in [6, 6.07) is 8.47. The van der Waals surface area contributed by atoms with Crippen LogP contribution in [0.15, 0.2) is 34.9 Å². The number of carboxylic acid groups (broad SMARTS) is 1. The third-order valence-electron chi connectivity index (χ3n) is 4.04. The molecule has 7 heteroatoms. The lowest BCUT2D eigenvalue weighted by molar-refractivity contribution is -0.136. The molecule has 0 saturated carbocycles. The van der Waals surface area contributed by atoms with Crippen LogP contribution in [0.25, 0.3) is 11.1 Å². The van der Waals surface area contributed by atoms with Gasteiger partial charge in [-0.1, -0.05) is 31.1 Å². The minimum Gasteiger partial charge on any atom is -0.481 e. The van der Waals surface area contributed by atoms with Crippen LogP contribution in [0.5, 0.6) is 0 Å². The Labute approximate surface area is 150 Å². The number of hydrogen-bond donors (Lipinski definition) is 2. The third-order valence-corrected chi connectivity index (χ3v) is 4.04. The van der Waals surface area contributed by atoms with Gasteiger partial charge in [0.2, 0.25) is 0 Å². The molecule has 1 aromatic carbocycles. The summed E-state index contributed by atoms with van der Waals surface area (Å²) in [4.78, 5) is 28.0. The molecule has 3 aromatic rings. The molecule has 0 radical (unpaired) electrons. The van der Waals surface area contributed by atoms with Gasteiger partial charge in [-0.05, 0) is 36.6 Å². The number of benzene rings is 1. The van der Waals surface area contributed by atoms with Crippen molar-refractivity contribution in [2.24, 2.45) is 0 Å². The summed E-state index contributed by atoms with van der Waals surface area (Å²) in [7, 11) is 0. The van der Waals surface area contributed by atoms with Gasteiger partial charge in [-0.3, -0.25) is 9.59 Å². The zero-order valence-corrected chi connectivity index (χ0v) is 14.7. The van der Waals surface area contributed by atoms with Gasteiger partial charge in [0.05, 0.1) is 23.1 Å². The molecule has 0 spiro atoms. The van der Waals surface area contributed by atoms with E-state index in [4.69, 9.17) is 9.63 Å². The summed E-state index contributed by atoms with van der Waals surface area (Å²) < 4.78 is 5.24. The first kappa shape index (κ1) is 17.6. The minimum atomic E-state index is -0.898. The van der Waals surface area contributed by atoms with E-state index < -0.39 is 5.97 Å². The number of fused-ring (bicyclic) bond motifs is 1. The number of carbonyl (C=O) groups is 2. The van der Waals surface area contributed by atoms with Gasteiger partial charge < -0.3 is 14.9 Å². The number of nitrogens with one attached hydrogen (secondary N) is 1. The summed E-state index contributed by atoms with van der Waals surface area (Å²) in [6.07, 6.45) is -0.0587. The zero-order valence-electron chi connectivity index (χ0n) is 14.7. The molecule has 134 valence electrons. The molecule has 0 fully saturated rings. The van der Waals surface area contributed by atoms with Crippen LogP contribution in [0.3, 0.4) is 0 Å². The molecule has 0 unspecified atom stereocenters. The largest absolute Gasteiger partial charge is 0.481 e. The van der Waals surface area contributed by atoms with Crippen LogP contribution >= 0.6 is 0 Å². The number of aliphatic carboxylic acids is 1. The van der Waals surface area contributed by atoms with Crippen LogP contribution in [0.1, 0.15) is 47.1 Å². The molecular weight excluding hydrogens is 334 g/mol. The van der Waals surface area contributed by atoms with Gasteiger partial charge in [0, 0.05) is 11.4 Å². The number of rotatable bonds is 5. The topological polar surface area (TPSA) is 105 Å². The maximum absolute atomic E-state index is 12.8. The Hall–Kier alpha value is -3.22. The molecular formula is C19H19N3O4. The highest BCUT2D eigenvalue weighted by atomic mass is 16.5. The SMILES string of the molecule is Cc1noc2nc(C(C)C)cc(C(=O)Nc3ccc(CC(=O)O)cc3)c12. The van der Waals surface area contributed by atoms with Gasteiger partial charge in [-0.15, -0.1) is 0 Å². The van der Waals surface area contributed by atoms with E-state index >= 15 is 0 Å². The molecule has 0 bridgehead atoms. The van der Waals surface area contributed by atoms with Crippen molar-refractivity contribution in [3.05, 3.63) is 52.8 Å². The average molecular weight is 353 g/mol. The number of pyridine rings is 1. The van der Waals surface area contributed by atoms with E-state index in [1.807, 2.05) is 13.8 Å². The van der Waals surface area contributed by atoms with Crippen LogP contribution in [-0.4, -0.2) is 27.1 Å². The van der Waals surface area contributed by atoms with Crippen molar-refractivity contribution in [1.29, 1.82) is 0 Å². The van der Waals surface area contributed by atoms with Crippen LogP contribution in [0, 0.1) is 6.92 Å². The molecule has 0 aliphatic carbocycles.